The van der Waals surface area contributed by atoms with Crippen LogP contribution in [0.4, 0.5) is 24.5 Å². The van der Waals surface area contributed by atoms with Gasteiger partial charge in [0.15, 0.2) is 0 Å². The van der Waals surface area contributed by atoms with Crippen LogP contribution in [0.3, 0.4) is 0 Å². The van der Waals surface area contributed by atoms with Gasteiger partial charge in [-0.05, 0) is 79.3 Å². The third-order valence-electron chi connectivity index (χ3n) is 6.40. The smallest absolute Gasteiger partial charge is 0.371 e. The zero-order chi connectivity index (χ0) is 25.2. The van der Waals surface area contributed by atoms with Crippen molar-refractivity contribution >= 4 is 23.2 Å². The van der Waals surface area contributed by atoms with Gasteiger partial charge in [0.05, 0.1) is 5.56 Å². The predicted octanol–water partition coefficient (Wildman–Crippen LogP) is 5.75. The summed E-state index contributed by atoms with van der Waals surface area (Å²) in [5.41, 5.74) is 8.62. The van der Waals surface area contributed by atoms with E-state index in [-0.39, 0.29) is 5.56 Å². The molecule has 0 aromatic heterocycles. The van der Waals surface area contributed by atoms with E-state index < -0.39 is 23.6 Å². The minimum Gasteiger partial charge on any atom is -0.371 e. The van der Waals surface area contributed by atoms with Gasteiger partial charge < -0.3 is 16.0 Å². The fourth-order valence-electron chi connectivity index (χ4n) is 4.47. The molecule has 1 saturated heterocycles. The number of carbonyl (C=O) groups excluding carboxylic acids is 2. The predicted molar refractivity (Wildman–Crippen MR) is 130 cm³/mol. The molecule has 1 fully saturated rings. The lowest BCUT2D eigenvalue weighted by atomic mass is 9.88. The highest BCUT2D eigenvalue weighted by molar-refractivity contribution is 6.04. The first kappa shape index (κ1) is 24.3. The minimum atomic E-state index is -4.51. The molecule has 3 aromatic carbocycles. The Labute approximate surface area is 201 Å². The van der Waals surface area contributed by atoms with Gasteiger partial charge in [-0.25, -0.2) is 0 Å². The Morgan fingerprint density at radius 2 is 1.63 bits per heavy atom. The summed E-state index contributed by atoms with van der Waals surface area (Å²) in [6.45, 7) is 3.56. The maximum Gasteiger partial charge on any atom is 0.416 e. The Balaban J connectivity index is 1.45. The highest BCUT2D eigenvalue weighted by Crippen LogP contribution is 2.34. The topological polar surface area (TPSA) is 75.4 Å². The number of amides is 2. The minimum absolute atomic E-state index is 0.0547. The Morgan fingerprint density at radius 3 is 2.31 bits per heavy atom. The van der Waals surface area contributed by atoms with Gasteiger partial charge in [-0.15, -0.1) is 0 Å². The van der Waals surface area contributed by atoms with Crippen molar-refractivity contribution in [2.45, 2.75) is 31.9 Å². The maximum atomic E-state index is 13.0. The zero-order valence-corrected chi connectivity index (χ0v) is 19.2. The van der Waals surface area contributed by atoms with Gasteiger partial charge >= 0.3 is 6.18 Å². The van der Waals surface area contributed by atoms with Gasteiger partial charge in [-0.1, -0.05) is 24.3 Å². The summed E-state index contributed by atoms with van der Waals surface area (Å²) in [4.78, 5) is 26.4. The molecule has 35 heavy (non-hydrogen) atoms. The number of anilines is 2. The summed E-state index contributed by atoms with van der Waals surface area (Å²) in [6, 6.07) is 17.3. The second-order valence-electron chi connectivity index (χ2n) is 8.78. The number of primary amides is 1. The van der Waals surface area contributed by atoms with E-state index in [1.165, 1.54) is 12.1 Å². The summed E-state index contributed by atoms with van der Waals surface area (Å²) < 4.78 is 39.0. The number of nitrogens with one attached hydrogen (secondary N) is 1. The second kappa shape index (κ2) is 9.82. The van der Waals surface area contributed by atoms with Crippen LogP contribution < -0.4 is 16.0 Å². The number of piperidine rings is 1. The number of hydrogen-bond acceptors (Lipinski definition) is 3. The van der Waals surface area contributed by atoms with Crippen molar-refractivity contribution < 1.29 is 22.8 Å². The lowest BCUT2D eigenvalue weighted by Gasteiger charge is -2.35. The molecule has 0 aliphatic carbocycles. The summed E-state index contributed by atoms with van der Waals surface area (Å²) in [5.74, 6) is -0.725. The Morgan fingerprint density at radius 1 is 0.943 bits per heavy atom. The summed E-state index contributed by atoms with van der Waals surface area (Å²) in [6.07, 6.45) is -2.73. The molecular formula is C27H26F3N3O2. The SMILES string of the molecule is Cc1ccc(NC(=O)c2cccc(C(F)(F)F)c2)cc1N1CCC(c2cccc(C(N)=O)c2)CC1. The zero-order valence-electron chi connectivity index (χ0n) is 19.2. The van der Waals surface area contributed by atoms with Crippen LogP contribution in [0, 0.1) is 6.92 Å². The first-order chi connectivity index (χ1) is 16.6. The van der Waals surface area contributed by atoms with Gasteiger partial charge in [0.1, 0.15) is 0 Å². The number of hydrogen-bond donors (Lipinski definition) is 2. The maximum absolute atomic E-state index is 13.0. The third-order valence-corrected chi connectivity index (χ3v) is 6.40. The Kier molecular flexibility index (Phi) is 6.82. The number of alkyl halides is 3. The molecule has 0 radical (unpaired) electrons. The van der Waals surface area contributed by atoms with Crippen molar-refractivity contribution in [3.8, 4) is 0 Å². The van der Waals surface area contributed by atoms with Crippen LogP contribution in [0.2, 0.25) is 0 Å². The fraction of sp³-hybridized carbons (Fsp3) is 0.259. The van der Waals surface area contributed by atoms with E-state index in [4.69, 9.17) is 5.73 Å². The number of carbonyl (C=O) groups is 2. The fourth-order valence-corrected chi connectivity index (χ4v) is 4.47. The van der Waals surface area contributed by atoms with Crippen LogP contribution in [-0.4, -0.2) is 24.9 Å². The number of rotatable bonds is 5. The monoisotopic (exact) mass is 481 g/mol. The van der Waals surface area contributed by atoms with Crippen molar-refractivity contribution in [1.29, 1.82) is 0 Å². The molecule has 0 saturated carbocycles. The molecule has 0 unspecified atom stereocenters. The van der Waals surface area contributed by atoms with Crippen LogP contribution in [0.1, 0.15) is 56.2 Å². The molecule has 3 N–H and O–H groups in total. The summed E-state index contributed by atoms with van der Waals surface area (Å²) >= 11 is 0. The molecule has 8 heteroatoms. The Hall–Kier alpha value is -3.81. The van der Waals surface area contributed by atoms with Crippen molar-refractivity contribution in [2.75, 3.05) is 23.3 Å². The molecule has 0 bridgehead atoms. The lowest BCUT2D eigenvalue weighted by molar-refractivity contribution is -0.137. The van der Waals surface area contributed by atoms with E-state index in [0.717, 1.165) is 54.9 Å². The van der Waals surface area contributed by atoms with Crippen LogP contribution >= 0.6 is 0 Å². The largest absolute Gasteiger partial charge is 0.416 e. The van der Waals surface area contributed by atoms with Crippen molar-refractivity contribution in [1.82, 2.24) is 0 Å². The molecule has 1 aliphatic heterocycles. The second-order valence-corrected chi connectivity index (χ2v) is 8.78. The number of benzene rings is 3. The quantitative estimate of drug-likeness (QED) is 0.487. The molecule has 4 rings (SSSR count). The van der Waals surface area contributed by atoms with Crippen LogP contribution in [-0.2, 0) is 6.18 Å². The lowest BCUT2D eigenvalue weighted by Crippen LogP contribution is -2.33. The molecule has 1 aliphatic rings. The van der Waals surface area contributed by atoms with Crippen LogP contribution in [0.5, 0.6) is 0 Å². The third kappa shape index (κ3) is 5.65. The van der Waals surface area contributed by atoms with Crippen LogP contribution in [0.25, 0.3) is 0 Å². The molecular weight excluding hydrogens is 455 g/mol. The first-order valence-corrected chi connectivity index (χ1v) is 11.4. The van der Waals surface area contributed by atoms with E-state index in [1.807, 2.05) is 37.3 Å². The normalized spacial score (nSPS) is 14.6. The molecule has 5 nitrogen and oxygen atoms in total. The van der Waals surface area contributed by atoms with Crippen molar-refractivity contribution in [2.24, 2.45) is 5.73 Å². The highest BCUT2D eigenvalue weighted by Gasteiger charge is 2.31. The van der Waals surface area contributed by atoms with Crippen molar-refractivity contribution in [3.63, 3.8) is 0 Å². The Bertz CT molecular complexity index is 1250. The number of nitrogens with zero attached hydrogens (tertiary/aromatic N) is 1. The number of aryl methyl sites for hydroxylation is 1. The van der Waals surface area contributed by atoms with Gasteiger partial charge in [0, 0.05) is 35.6 Å². The van der Waals surface area contributed by atoms with E-state index in [9.17, 15) is 22.8 Å². The van der Waals surface area contributed by atoms with Gasteiger partial charge in [-0.2, -0.15) is 13.2 Å². The molecule has 2 amide bonds. The summed E-state index contributed by atoms with van der Waals surface area (Å²) in [7, 11) is 0. The van der Waals surface area contributed by atoms with Gasteiger partial charge in [0.2, 0.25) is 5.91 Å². The molecule has 182 valence electrons. The van der Waals surface area contributed by atoms with E-state index in [2.05, 4.69) is 10.2 Å². The van der Waals surface area contributed by atoms with Crippen molar-refractivity contribution in [3.05, 3.63) is 94.5 Å². The molecule has 0 atom stereocenters. The molecule has 1 heterocycles. The standard InChI is InChI=1S/C27H26F3N3O2/c1-17-8-9-23(32-26(35)21-6-3-7-22(15-21)27(28,29)30)16-24(17)33-12-10-18(11-13-33)19-4-2-5-20(14-19)25(31)34/h2-9,14-16,18H,10-13H2,1H3,(H2,31,34)(H,32,35). The average Bonchev–Trinajstić information content (AvgIpc) is 2.85. The van der Waals surface area contributed by atoms with E-state index >= 15 is 0 Å². The van der Waals surface area contributed by atoms with Gasteiger partial charge in [0.25, 0.3) is 5.91 Å². The van der Waals surface area contributed by atoms with E-state index in [0.29, 0.717) is 17.2 Å². The number of nitrogens with two attached hydrogens (primary N) is 1. The van der Waals surface area contributed by atoms with Gasteiger partial charge in [-0.3, -0.25) is 9.59 Å². The average molecular weight is 482 g/mol. The highest BCUT2D eigenvalue weighted by atomic mass is 19.4. The number of halogens is 3. The molecule has 0 spiro atoms. The summed E-state index contributed by atoms with van der Waals surface area (Å²) in [5, 5.41) is 2.72. The van der Waals surface area contributed by atoms with Crippen LogP contribution in [0.15, 0.2) is 66.7 Å². The first-order valence-electron chi connectivity index (χ1n) is 11.4. The molecule has 3 aromatic rings. The van der Waals surface area contributed by atoms with E-state index in [1.54, 1.807) is 12.1 Å².